The van der Waals surface area contributed by atoms with E-state index in [0.29, 0.717) is 0 Å². The summed E-state index contributed by atoms with van der Waals surface area (Å²) in [6, 6.07) is 4.03. The number of rotatable bonds is 4. The molecule has 1 atom stereocenters. The zero-order chi connectivity index (χ0) is 12.3. The predicted molar refractivity (Wildman–Crippen MR) is 66.0 cm³/mol. The molecule has 0 aromatic heterocycles. The van der Waals surface area contributed by atoms with Crippen LogP contribution in [-0.2, 0) is 11.2 Å². The van der Waals surface area contributed by atoms with Crippen LogP contribution in [0.3, 0.4) is 0 Å². The van der Waals surface area contributed by atoms with E-state index in [-0.39, 0.29) is 11.7 Å². The van der Waals surface area contributed by atoms with E-state index in [2.05, 4.69) is 19.9 Å². The van der Waals surface area contributed by atoms with Gasteiger partial charge in [-0.3, -0.25) is 4.79 Å². The Morgan fingerprint density at radius 2 is 1.94 bits per heavy atom. The smallest absolute Gasteiger partial charge is 0.132 e. The lowest BCUT2D eigenvalue weighted by molar-refractivity contribution is -0.120. The van der Waals surface area contributed by atoms with Crippen molar-refractivity contribution in [3.63, 3.8) is 0 Å². The summed E-state index contributed by atoms with van der Waals surface area (Å²) in [5.74, 6) is 1.25. The van der Waals surface area contributed by atoms with Crippen LogP contribution in [0.2, 0.25) is 0 Å². The lowest BCUT2D eigenvalue weighted by Crippen LogP contribution is -2.10. The lowest BCUT2D eigenvalue weighted by Gasteiger charge is -2.14. The highest BCUT2D eigenvalue weighted by Gasteiger charge is 2.12. The number of benzene rings is 1. The average Bonchev–Trinajstić information content (AvgIpc) is 2.25. The van der Waals surface area contributed by atoms with Crippen LogP contribution in [0.25, 0.3) is 0 Å². The Hall–Kier alpha value is -1.31. The Kier molecular flexibility index (Phi) is 4.11. The van der Waals surface area contributed by atoms with Crippen molar-refractivity contribution < 1.29 is 9.53 Å². The van der Waals surface area contributed by atoms with Crippen LogP contribution in [0, 0.1) is 19.8 Å². The van der Waals surface area contributed by atoms with Gasteiger partial charge in [0.25, 0.3) is 0 Å². The molecule has 1 aromatic rings. The van der Waals surface area contributed by atoms with E-state index in [9.17, 15) is 4.79 Å². The van der Waals surface area contributed by atoms with Gasteiger partial charge in [0.05, 0.1) is 7.11 Å². The van der Waals surface area contributed by atoms with E-state index in [1.54, 1.807) is 14.0 Å². The zero-order valence-electron chi connectivity index (χ0n) is 10.8. The molecule has 1 unspecified atom stereocenters. The molecule has 0 spiro atoms. The molecule has 0 aliphatic carbocycles. The molecule has 0 heterocycles. The largest absolute Gasteiger partial charge is 0.496 e. The second-order valence-corrected chi connectivity index (χ2v) is 4.39. The fourth-order valence-corrected chi connectivity index (χ4v) is 1.77. The maximum Gasteiger partial charge on any atom is 0.132 e. The third kappa shape index (κ3) is 2.63. The van der Waals surface area contributed by atoms with Crippen molar-refractivity contribution >= 4 is 5.78 Å². The van der Waals surface area contributed by atoms with Gasteiger partial charge in [0.2, 0.25) is 0 Å². The first kappa shape index (κ1) is 12.8. The molecule has 16 heavy (non-hydrogen) atoms. The Morgan fingerprint density at radius 1 is 1.31 bits per heavy atom. The summed E-state index contributed by atoms with van der Waals surface area (Å²) < 4.78 is 5.27. The van der Waals surface area contributed by atoms with Crippen LogP contribution in [0.1, 0.15) is 30.5 Å². The van der Waals surface area contributed by atoms with Gasteiger partial charge in [-0.25, -0.2) is 0 Å². The van der Waals surface area contributed by atoms with Crippen molar-refractivity contribution in [1.29, 1.82) is 0 Å². The molecule has 0 aliphatic rings. The van der Waals surface area contributed by atoms with Crippen molar-refractivity contribution in [1.82, 2.24) is 0 Å². The van der Waals surface area contributed by atoms with E-state index >= 15 is 0 Å². The molecule has 0 saturated carbocycles. The minimum absolute atomic E-state index is 0.0893. The highest BCUT2D eigenvalue weighted by atomic mass is 16.5. The minimum Gasteiger partial charge on any atom is -0.496 e. The van der Waals surface area contributed by atoms with E-state index in [0.717, 1.165) is 17.7 Å². The molecule has 2 heteroatoms. The first-order valence-electron chi connectivity index (χ1n) is 5.61. The highest BCUT2D eigenvalue weighted by molar-refractivity contribution is 5.78. The molecule has 0 fully saturated rings. The molecule has 0 radical (unpaired) electrons. The molecule has 0 saturated heterocycles. The van der Waals surface area contributed by atoms with Gasteiger partial charge < -0.3 is 4.74 Å². The number of carbonyl (C=O) groups is 1. The first-order valence-corrected chi connectivity index (χ1v) is 5.61. The van der Waals surface area contributed by atoms with Gasteiger partial charge in [-0.1, -0.05) is 13.0 Å². The standard InChI is InChI=1S/C14H20O2/c1-9(12(4)15)8-13-6-7-14(16-5)11(3)10(13)2/h6-7,9H,8H2,1-5H3. The van der Waals surface area contributed by atoms with Gasteiger partial charge in [-0.05, 0) is 49.9 Å². The molecule has 0 N–H and O–H groups in total. The van der Waals surface area contributed by atoms with Crippen molar-refractivity contribution in [3.05, 3.63) is 28.8 Å². The van der Waals surface area contributed by atoms with Gasteiger partial charge in [0.15, 0.2) is 0 Å². The Balaban J connectivity index is 2.99. The van der Waals surface area contributed by atoms with E-state index < -0.39 is 0 Å². The summed E-state index contributed by atoms with van der Waals surface area (Å²) in [5, 5.41) is 0. The third-order valence-corrected chi connectivity index (χ3v) is 3.29. The van der Waals surface area contributed by atoms with Crippen molar-refractivity contribution in [3.8, 4) is 5.75 Å². The number of carbonyl (C=O) groups excluding carboxylic acids is 1. The van der Waals surface area contributed by atoms with Crippen LogP contribution in [0.5, 0.6) is 5.75 Å². The molecular formula is C14H20O2. The van der Waals surface area contributed by atoms with E-state index in [1.165, 1.54) is 11.1 Å². The Bertz CT molecular complexity index is 394. The van der Waals surface area contributed by atoms with Crippen molar-refractivity contribution in [2.45, 2.75) is 34.1 Å². The van der Waals surface area contributed by atoms with Crippen LogP contribution < -0.4 is 4.74 Å². The van der Waals surface area contributed by atoms with Crippen LogP contribution >= 0.6 is 0 Å². The van der Waals surface area contributed by atoms with Gasteiger partial charge in [0.1, 0.15) is 11.5 Å². The lowest BCUT2D eigenvalue weighted by atomic mass is 9.92. The van der Waals surface area contributed by atoms with Crippen LogP contribution in [-0.4, -0.2) is 12.9 Å². The number of hydrogen-bond acceptors (Lipinski definition) is 2. The molecule has 1 aromatic carbocycles. The quantitative estimate of drug-likeness (QED) is 0.779. The molecule has 1 rings (SSSR count). The minimum atomic E-state index is 0.0893. The molecule has 88 valence electrons. The topological polar surface area (TPSA) is 26.3 Å². The van der Waals surface area contributed by atoms with Crippen LogP contribution in [0.15, 0.2) is 12.1 Å². The Labute approximate surface area is 97.6 Å². The van der Waals surface area contributed by atoms with Gasteiger partial charge in [0, 0.05) is 5.92 Å². The van der Waals surface area contributed by atoms with Gasteiger partial charge >= 0.3 is 0 Å². The number of Topliss-reactive ketones (excluding diaryl/α,β-unsaturated/α-hetero) is 1. The number of methoxy groups -OCH3 is 1. The van der Waals surface area contributed by atoms with Crippen molar-refractivity contribution in [2.24, 2.45) is 5.92 Å². The molecule has 0 aliphatic heterocycles. The second-order valence-electron chi connectivity index (χ2n) is 4.39. The summed E-state index contributed by atoms with van der Waals surface area (Å²) in [4.78, 5) is 11.2. The summed E-state index contributed by atoms with van der Waals surface area (Å²) >= 11 is 0. The van der Waals surface area contributed by atoms with Crippen molar-refractivity contribution in [2.75, 3.05) is 7.11 Å². The molecule has 2 nitrogen and oxygen atoms in total. The van der Waals surface area contributed by atoms with E-state index in [1.807, 2.05) is 13.0 Å². The second kappa shape index (κ2) is 5.15. The normalized spacial score (nSPS) is 12.3. The summed E-state index contributed by atoms with van der Waals surface area (Å²) in [6.45, 7) is 7.76. The number of hydrogen-bond donors (Lipinski definition) is 0. The summed E-state index contributed by atoms with van der Waals surface area (Å²) in [7, 11) is 1.68. The molecule has 0 amide bonds. The fraction of sp³-hybridized carbons (Fsp3) is 0.500. The third-order valence-electron chi connectivity index (χ3n) is 3.29. The monoisotopic (exact) mass is 220 g/mol. The van der Waals surface area contributed by atoms with E-state index in [4.69, 9.17) is 4.74 Å². The average molecular weight is 220 g/mol. The number of ketones is 1. The maximum absolute atomic E-state index is 11.2. The van der Waals surface area contributed by atoms with Crippen LogP contribution in [0.4, 0.5) is 0 Å². The first-order chi connectivity index (χ1) is 7.47. The maximum atomic E-state index is 11.2. The van der Waals surface area contributed by atoms with Gasteiger partial charge in [-0.15, -0.1) is 0 Å². The highest BCUT2D eigenvalue weighted by Crippen LogP contribution is 2.25. The fourth-order valence-electron chi connectivity index (χ4n) is 1.77. The SMILES string of the molecule is COc1ccc(CC(C)C(C)=O)c(C)c1C. The predicted octanol–water partition coefficient (Wildman–Crippen LogP) is 3.08. The summed E-state index contributed by atoms with van der Waals surface area (Å²) in [5.41, 5.74) is 3.63. The number of ether oxygens (including phenoxy) is 1. The molecular weight excluding hydrogens is 200 g/mol. The zero-order valence-corrected chi connectivity index (χ0v) is 10.8. The summed E-state index contributed by atoms with van der Waals surface area (Å²) in [6.07, 6.45) is 0.812. The molecule has 0 bridgehead atoms. The Morgan fingerprint density at radius 3 is 2.44 bits per heavy atom. The van der Waals surface area contributed by atoms with Gasteiger partial charge in [-0.2, -0.15) is 0 Å².